The van der Waals surface area contributed by atoms with Gasteiger partial charge >= 0.3 is 12.1 Å². The Balaban J connectivity index is 0.000000318. The van der Waals surface area contributed by atoms with Crippen LogP contribution < -0.4 is 11.1 Å². The lowest BCUT2D eigenvalue weighted by Crippen LogP contribution is -2.21. The zero-order valence-corrected chi connectivity index (χ0v) is 16.0. The molecule has 5 N–H and O–H groups in total. The lowest BCUT2D eigenvalue weighted by atomic mass is 10.1. The third-order valence-corrected chi connectivity index (χ3v) is 4.68. The summed E-state index contributed by atoms with van der Waals surface area (Å²) in [5.74, 6) is -2.96. The van der Waals surface area contributed by atoms with Gasteiger partial charge in [0.25, 0.3) is 5.91 Å². The first-order valence-electron chi connectivity index (χ1n) is 9.10. The first-order chi connectivity index (χ1) is 14.1. The van der Waals surface area contributed by atoms with Gasteiger partial charge in [-0.25, -0.2) is 4.79 Å². The molecule has 30 heavy (non-hydrogen) atoms. The fourth-order valence-corrected chi connectivity index (χ4v) is 3.24. The van der Waals surface area contributed by atoms with E-state index >= 15 is 0 Å². The highest BCUT2D eigenvalue weighted by Crippen LogP contribution is 2.28. The topological polar surface area (TPSA) is 126 Å². The number of aryl methyl sites for hydroxylation is 2. The Morgan fingerprint density at radius 2 is 2.00 bits per heavy atom. The number of nitrogens with zero attached hydrogens (tertiary/aromatic N) is 2. The maximum Gasteiger partial charge on any atom is 0.490 e. The number of carboxylic acids is 1. The van der Waals surface area contributed by atoms with E-state index in [1.165, 1.54) is 0 Å². The monoisotopic (exact) mass is 423 g/mol. The molecule has 1 atom stereocenters. The van der Waals surface area contributed by atoms with Gasteiger partial charge in [0.2, 0.25) is 0 Å². The number of carbonyl (C=O) groups excluding carboxylic acids is 1. The number of aromatic nitrogens is 3. The van der Waals surface area contributed by atoms with Gasteiger partial charge in [-0.2, -0.15) is 18.3 Å². The second-order valence-electron chi connectivity index (χ2n) is 6.85. The van der Waals surface area contributed by atoms with Crippen LogP contribution >= 0.6 is 0 Å². The molecule has 4 rings (SSSR count). The maximum atomic E-state index is 12.6. The van der Waals surface area contributed by atoms with Crippen LogP contribution in [0.25, 0.3) is 10.9 Å². The quantitative estimate of drug-likeness (QED) is 0.503. The number of aliphatic carboxylic acids is 1. The van der Waals surface area contributed by atoms with Crippen LogP contribution in [0.15, 0.2) is 30.3 Å². The number of hydrogen-bond acceptors (Lipinski definition) is 4. The molecule has 11 heteroatoms. The number of nitrogens with two attached hydrogens (primary N) is 1. The third kappa shape index (κ3) is 4.46. The summed E-state index contributed by atoms with van der Waals surface area (Å²) in [6.07, 6.45) is -3.15. The molecule has 8 nitrogen and oxygen atoms in total. The summed E-state index contributed by atoms with van der Waals surface area (Å²) in [6.45, 7) is 2.77. The summed E-state index contributed by atoms with van der Waals surface area (Å²) in [6, 6.07) is 9.68. The van der Waals surface area contributed by atoms with Crippen molar-refractivity contribution in [1.82, 2.24) is 14.8 Å². The van der Waals surface area contributed by atoms with Crippen molar-refractivity contribution in [1.29, 1.82) is 0 Å². The fraction of sp³-hybridized carbons (Fsp3) is 0.316. The van der Waals surface area contributed by atoms with Gasteiger partial charge in [0.1, 0.15) is 0 Å². The molecule has 1 aliphatic heterocycles. The standard InChI is InChI=1S/C17H19N5O.C2HF3O2/c1-10-16(11-5-2-3-7-13(11)19-10)20-17(23)14-9-15-12(18)6-4-8-22(15)21-14;3-2(4,5)1(6)7/h2-3,5,7,9,12,19H,4,6,8,18H2,1H3,(H,20,23);(H,6,7). The molecule has 0 spiro atoms. The van der Waals surface area contributed by atoms with Crippen molar-refractivity contribution in [2.24, 2.45) is 5.73 Å². The molecular formula is C19H20F3N5O3. The molecule has 1 aromatic carbocycles. The molecule has 0 fully saturated rings. The van der Waals surface area contributed by atoms with Gasteiger partial charge in [-0.05, 0) is 31.9 Å². The zero-order valence-electron chi connectivity index (χ0n) is 16.0. The van der Waals surface area contributed by atoms with Crippen LogP contribution in [0, 0.1) is 6.92 Å². The lowest BCUT2D eigenvalue weighted by Gasteiger charge is -2.19. The third-order valence-electron chi connectivity index (χ3n) is 4.68. The molecule has 0 saturated heterocycles. The number of hydrogen-bond donors (Lipinski definition) is 4. The van der Waals surface area contributed by atoms with E-state index in [0.717, 1.165) is 47.4 Å². The van der Waals surface area contributed by atoms with Gasteiger partial charge in [-0.1, -0.05) is 18.2 Å². The zero-order chi connectivity index (χ0) is 22.1. The molecule has 0 radical (unpaired) electrons. The number of para-hydroxylation sites is 1. The highest BCUT2D eigenvalue weighted by atomic mass is 19.4. The van der Waals surface area contributed by atoms with Crippen molar-refractivity contribution < 1.29 is 27.9 Å². The van der Waals surface area contributed by atoms with Gasteiger partial charge in [0, 0.05) is 29.2 Å². The van der Waals surface area contributed by atoms with E-state index in [9.17, 15) is 18.0 Å². The van der Waals surface area contributed by atoms with Crippen molar-refractivity contribution in [3.8, 4) is 0 Å². The van der Waals surface area contributed by atoms with E-state index in [0.29, 0.717) is 5.69 Å². The van der Waals surface area contributed by atoms with Gasteiger partial charge in [-0.3, -0.25) is 9.48 Å². The Morgan fingerprint density at radius 1 is 1.33 bits per heavy atom. The molecule has 0 saturated carbocycles. The molecule has 2 aromatic heterocycles. The molecular weight excluding hydrogens is 403 g/mol. The van der Waals surface area contributed by atoms with E-state index < -0.39 is 12.1 Å². The number of rotatable bonds is 2. The Labute approximate surface area is 168 Å². The molecule has 160 valence electrons. The largest absolute Gasteiger partial charge is 0.490 e. The number of aromatic amines is 1. The predicted octanol–water partition coefficient (Wildman–Crippen LogP) is 3.35. The van der Waals surface area contributed by atoms with Crippen LogP contribution in [0.3, 0.4) is 0 Å². The number of carboxylic acid groups (broad SMARTS) is 1. The summed E-state index contributed by atoms with van der Waals surface area (Å²) >= 11 is 0. The summed E-state index contributed by atoms with van der Waals surface area (Å²) in [4.78, 5) is 24.8. The van der Waals surface area contributed by atoms with Crippen molar-refractivity contribution in [3.05, 3.63) is 47.4 Å². The predicted molar refractivity (Wildman–Crippen MR) is 103 cm³/mol. The number of alkyl halides is 3. The molecule has 1 amide bonds. The van der Waals surface area contributed by atoms with Crippen molar-refractivity contribution in [2.45, 2.75) is 38.5 Å². The van der Waals surface area contributed by atoms with Crippen LogP contribution in [0.2, 0.25) is 0 Å². The molecule has 1 unspecified atom stereocenters. The van der Waals surface area contributed by atoms with Gasteiger partial charge in [-0.15, -0.1) is 0 Å². The van der Waals surface area contributed by atoms with E-state index in [-0.39, 0.29) is 11.9 Å². The second kappa shape index (κ2) is 8.19. The first-order valence-corrected chi connectivity index (χ1v) is 9.10. The number of fused-ring (bicyclic) bond motifs is 2. The van der Waals surface area contributed by atoms with Crippen LogP contribution in [0.1, 0.15) is 40.8 Å². The Morgan fingerprint density at radius 3 is 2.63 bits per heavy atom. The molecule has 0 bridgehead atoms. The van der Waals surface area contributed by atoms with Crippen LogP contribution in [0.5, 0.6) is 0 Å². The Kier molecular flexibility index (Phi) is 5.83. The van der Waals surface area contributed by atoms with Crippen LogP contribution in [0.4, 0.5) is 18.9 Å². The Bertz CT molecular complexity index is 1090. The lowest BCUT2D eigenvalue weighted by molar-refractivity contribution is -0.192. The average Bonchev–Trinajstić information content (AvgIpc) is 3.24. The minimum atomic E-state index is -5.08. The number of benzene rings is 1. The highest BCUT2D eigenvalue weighted by Gasteiger charge is 2.38. The van der Waals surface area contributed by atoms with Gasteiger partial charge < -0.3 is 21.1 Å². The normalized spacial score (nSPS) is 15.8. The van der Waals surface area contributed by atoms with Gasteiger partial charge in [0.15, 0.2) is 5.69 Å². The average molecular weight is 423 g/mol. The van der Waals surface area contributed by atoms with E-state index in [1.807, 2.05) is 41.9 Å². The van der Waals surface area contributed by atoms with Crippen molar-refractivity contribution in [3.63, 3.8) is 0 Å². The maximum absolute atomic E-state index is 12.6. The summed E-state index contributed by atoms with van der Waals surface area (Å²) in [5.41, 5.74) is 10.2. The number of nitrogens with one attached hydrogen (secondary N) is 2. The van der Waals surface area contributed by atoms with E-state index in [1.54, 1.807) is 0 Å². The summed E-state index contributed by atoms with van der Waals surface area (Å²) in [5, 5.41) is 15.5. The van der Waals surface area contributed by atoms with E-state index in [2.05, 4.69) is 15.4 Å². The Hall–Kier alpha value is -3.34. The minimum absolute atomic E-state index is 0.0346. The summed E-state index contributed by atoms with van der Waals surface area (Å²) < 4.78 is 33.6. The second-order valence-corrected chi connectivity index (χ2v) is 6.85. The van der Waals surface area contributed by atoms with Crippen molar-refractivity contribution >= 4 is 28.5 Å². The van der Waals surface area contributed by atoms with Crippen LogP contribution in [-0.4, -0.2) is 37.9 Å². The highest BCUT2D eigenvalue weighted by molar-refractivity contribution is 6.09. The summed E-state index contributed by atoms with van der Waals surface area (Å²) in [7, 11) is 0. The first kappa shape index (κ1) is 21.4. The SMILES string of the molecule is Cc1[nH]c2ccccc2c1NC(=O)c1cc2n(n1)CCCC2N.O=C(O)C(F)(F)F. The smallest absolute Gasteiger partial charge is 0.475 e. The number of carbonyl (C=O) groups is 2. The molecule has 3 aromatic rings. The number of amides is 1. The molecule has 1 aliphatic rings. The number of H-pyrrole nitrogens is 1. The minimum Gasteiger partial charge on any atom is -0.475 e. The van der Waals surface area contributed by atoms with Crippen molar-refractivity contribution in [2.75, 3.05) is 5.32 Å². The number of anilines is 1. The number of halogens is 3. The van der Waals surface area contributed by atoms with E-state index in [4.69, 9.17) is 15.6 Å². The molecule has 3 heterocycles. The fourth-order valence-electron chi connectivity index (χ4n) is 3.24. The van der Waals surface area contributed by atoms with Crippen LogP contribution in [-0.2, 0) is 11.3 Å². The molecule has 0 aliphatic carbocycles. The van der Waals surface area contributed by atoms with Gasteiger partial charge in [0.05, 0.1) is 11.4 Å².